The number of thioether (sulfide) groups is 1. The number of piperidine rings is 1. The Balaban J connectivity index is 1.59. The molecular formula is C18H20Cl2N4O3S2. The lowest BCUT2D eigenvalue weighted by atomic mass is 10.2. The minimum Gasteiger partial charge on any atom is -0.309 e. The lowest BCUT2D eigenvalue weighted by Crippen LogP contribution is -2.35. The minimum absolute atomic E-state index is 0.0743. The molecule has 7 nitrogen and oxygen atoms in total. The third-order valence-corrected chi connectivity index (χ3v) is 8.14. The smallest absolute Gasteiger partial charge is 0.244 e. The van der Waals surface area contributed by atoms with Crippen molar-refractivity contribution < 1.29 is 13.2 Å². The van der Waals surface area contributed by atoms with Crippen LogP contribution in [0.2, 0.25) is 10.0 Å². The van der Waals surface area contributed by atoms with Gasteiger partial charge in [-0.15, -0.1) is 0 Å². The molecule has 156 valence electrons. The molecule has 2 aromatic heterocycles. The average molecular weight is 475 g/mol. The van der Waals surface area contributed by atoms with Crippen LogP contribution in [0.1, 0.15) is 24.8 Å². The number of amides is 1. The second-order valence-corrected chi connectivity index (χ2v) is 10.2. The molecule has 0 aromatic carbocycles. The van der Waals surface area contributed by atoms with Crippen LogP contribution in [0.25, 0.3) is 0 Å². The van der Waals surface area contributed by atoms with Crippen molar-refractivity contribution in [3.63, 3.8) is 0 Å². The topological polar surface area (TPSA) is 92.3 Å². The van der Waals surface area contributed by atoms with E-state index in [1.807, 2.05) is 0 Å². The van der Waals surface area contributed by atoms with E-state index in [0.717, 1.165) is 19.3 Å². The van der Waals surface area contributed by atoms with Gasteiger partial charge in [0.05, 0.1) is 20.8 Å². The maximum Gasteiger partial charge on any atom is 0.244 e. The van der Waals surface area contributed by atoms with Gasteiger partial charge in [0.25, 0.3) is 0 Å². The third kappa shape index (κ3) is 5.40. The number of sulfonamides is 1. The molecule has 0 spiro atoms. The molecule has 2 aromatic rings. The van der Waals surface area contributed by atoms with Gasteiger partial charge in [-0.2, -0.15) is 4.31 Å². The summed E-state index contributed by atoms with van der Waals surface area (Å²) < 4.78 is 26.8. The standard InChI is InChI=1S/C18H20Cl2N4O3S2/c1-12-14(19)10-22-18(17(12)20)23-15(25)11-28-16-6-5-13(9-21-16)29(26,27)24-7-3-2-4-8-24/h5-6,9-10H,2-4,7-8,11H2,1H3,(H,22,23,25). The highest BCUT2D eigenvalue weighted by atomic mass is 35.5. The van der Waals surface area contributed by atoms with Crippen molar-refractivity contribution in [3.05, 3.63) is 40.1 Å². The maximum atomic E-state index is 12.6. The molecule has 1 aliphatic heterocycles. The van der Waals surface area contributed by atoms with Gasteiger partial charge < -0.3 is 5.32 Å². The van der Waals surface area contributed by atoms with Crippen LogP contribution in [0.3, 0.4) is 0 Å². The van der Waals surface area contributed by atoms with Crippen molar-refractivity contribution in [2.24, 2.45) is 0 Å². The molecule has 0 atom stereocenters. The molecule has 0 radical (unpaired) electrons. The molecule has 3 rings (SSSR count). The summed E-state index contributed by atoms with van der Waals surface area (Å²) in [5.74, 6) is 0.0123. The lowest BCUT2D eigenvalue weighted by molar-refractivity contribution is -0.113. The van der Waals surface area contributed by atoms with Gasteiger partial charge in [0.1, 0.15) is 4.90 Å². The molecule has 0 bridgehead atoms. The highest BCUT2D eigenvalue weighted by Crippen LogP contribution is 2.29. The molecule has 0 aliphatic carbocycles. The number of nitrogens with zero attached hydrogens (tertiary/aromatic N) is 3. The van der Waals surface area contributed by atoms with Crippen molar-refractivity contribution >= 4 is 56.7 Å². The van der Waals surface area contributed by atoms with Gasteiger partial charge in [-0.05, 0) is 37.5 Å². The Hall–Kier alpha value is -1.39. The molecule has 11 heteroatoms. The van der Waals surface area contributed by atoms with Crippen molar-refractivity contribution in [2.45, 2.75) is 36.1 Å². The van der Waals surface area contributed by atoms with Gasteiger partial charge in [-0.1, -0.05) is 41.4 Å². The van der Waals surface area contributed by atoms with Crippen molar-refractivity contribution in [2.75, 3.05) is 24.2 Å². The largest absolute Gasteiger partial charge is 0.309 e. The second kappa shape index (κ2) is 9.61. The molecular weight excluding hydrogens is 455 g/mol. The fraction of sp³-hybridized carbons (Fsp3) is 0.389. The van der Waals surface area contributed by atoms with Crippen molar-refractivity contribution in [1.29, 1.82) is 0 Å². The summed E-state index contributed by atoms with van der Waals surface area (Å²) in [5.41, 5.74) is 0.637. The summed E-state index contributed by atoms with van der Waals surface area (Å²) in [5, 5.41) is 3.90. The predicted octanol–water partition coefficient (Wildman–Crippen LogP) is 4.00. The number of carbonyl (C=O) groups is 1. The highest BCUT2D eigenvalue weighted by molar-refractivity contribution is 7.99. The molecule has 3 heterocycles. The maximum absolute atomic E-state index is 12.6. The first-order valence-corrected chi connectivity index (χ1v) is 12.2. The first-order valence-electron chi connectivity index (χ1n) is 8.98. The van der Waals surface area contributed by atoms with Crippen molar-refractivity contribution in [3.8, 4) is 0 Å². The number of pyridine rings is 2. The van der Waals surface area contributed by atoms with Crippen LogP contribution >= 0.6 is 35.0 Å². The molecule has 1 fully saturated rings. The Bertz CT molecular complexity index is 995. The molecule has 1 saturated heterocycles. The number of aromatic nitrogens is 2. The quantitative estimate of drug-likeness (QED) is 0.635. The Kier molecular flexibility index (Phi) is 7.39. The van der Waals surface area contributed by atoms with Gasteiger partial charge in [0, 0.05) is 25.5 Å². The highest BCUT2D eigenvalue weighted by Gasteiger charge is 2.26. The summed E-state index contributed by atoms with van der Waals surface area (Å²) in [4.78, 5) is 20.5. The van der Waals surface area contributed by atoms with Gasteiger partial charge in [0.2, 0.25) is 15.9 Å². The van der Waals surface area contributed by atoms with Crippen LogP contribution in [0, 0.1) is 6.92 Å². The molecule has 1 amide bonds. The minimum atomic E-state index is -3.51. The van der Waals surface area contributed by atoms with Crippen LogP contribution in [-0.2, 0) is 14.8 Å². The van der Waals surface area contributed by atoms with Crippen LogP contribution in [0.5, 0.6) is 0 Å². The van der Waals surface area contributed by atoms with Gasteiger partial charge in [-0.3, -0.25) is 4.79 Å². The number of anilines is 1. The Labute approximate surface area is 184 Å². The van der Waals surface area contributed by atoms with E-state index in [1.165, 1.54) is 34.5 Å². The zero-order valence-corrected chi connectivity index (χ0v) is 18.8. The number of halogens is 2. The lowest BCUT2D eigenvalue weighted by Gasteiger charge is -2.25. The zero-order chi connectivity index (χ0) is 21.0. The summed E-state index contributed by atoms with van der Waals surface area (Å²) in [6.45, 7) is 2.82. The predicted molar refractivity (Wildman–Crippen MR) is 115 cm³/mol. The Morgan fingerprint density at radius 2 is 1.90 bits per heavy atom. The fourth-order valence-corrected chi connectivity index (χ4v) is 5.31. The SMILES string of the molecule is Cc1c(Cl)cnc(NC(=O)CSc2ccc(S(=O)(=O)N3CCCCC3)cn2)c1Cl. The number of hydrogen-bond donors (Lipinski definition) is 1. The monoisotopic (exact) mass is 474 g/mol. The van der Waals surface area contributed by atoms with E-state index in [-0.39, 0.29) is 22.4 Å². The summed E-state index contributed by atoms with van der Waals surface area (Å²) in [6.07, 6.45) is 5.57. The summed E-state index contributed by atoms with van der Waals surface area (Å²) in [7, 11) is -3.51. The van der Waals surface area contributed by atoms with Gasteiger partial charge >= 0.3 is 0 Å². The average Bonchev–Trinajstić information content (AvgIpc) is 2.73. The van der Waals surface area contributed by atoms with Gasteiger partial charge in [0.15, 0.2) is 5.82 Å². The molecule has 0 unspecified atom stereocenters. The number of rotatable bonds is 6. The van der Waals surface area contributed by atoms with E-state index in [9.17, 15) is 13.2 Å². The van der Waals surface area contributed by atoms with E-state index in [0.29, 0.717) is 33.7 Å². The Morgan fingerprint density at radius 3 is 2.55 bits per heavy atom. The van der Waals surface area contributed by atoms with Crippen LogP contribution in [-0.4, -0.2) is 47.4 Å². The van der Waals surface area contributed by atoms with E-state index in [1.54, 1.807) is 13.0 Å². The molecule has 0 saturated carbocycles. The molecule has 1 N–H and O–H groups in total. The zero-order valence-electron chi connectivity index (χ0n) is 15.7. The number of hydrogen-bond acceptors (Lipinski definition) is 6. The first-order chi connectivity index (χ1) is 13.8. The Morgan fingerprint density at radius 1 is 1.17 bits per heavy atom. The number of carbonyl (C=O) groups excluding carboxylic acids is 1. The summed E-state index contributed by atoms with van der Waals surface area (Å²) >= 11 is 13.3. The second-order valence-electron chi connectivity index (χ2n) is 6.53. The van der Waals surface area contributed by atoms with Crippen LogP contribution in [0.15, 0.2) is 34.4 Å². The first kappa shape index (κ1) is 22.3. The summed E-state index contributed by atoms with van der Waals surface area (Å²) in [6, 6.07) is 3.13. The van der Waals surface area contributed by atoms with Crippen molar-refractivity contribution in [1.82, 2.24) is 14.3 Å². The van der Waals surface area contributed by atoms with Crippen LogP contribution in [0.4, 0.5) is 5.82 Å². The van der Waals surface area contributed by atoms with E-state index >= 15 is 0 Å². The fourth-order valence-electron chi connectivity index (χ4n) is 2.81. The van der Waals surface area contributed by atoms with Crippen LogP contribution < -0.4 is 5.32 Å². The molecule has 29 heavy (non-hydrogen) atoms. The van der Waals surface area contributed by atoms with E-state index < -0.39 is 10.0 Å². The van der Waals surface area contributed by atoms with Gasteiger partial charge in [-0.25, -0.2) is 18.4 Å². The normalized spacial score (nSPS) is 15.3. The van der Waals surface area contributed by atoms with E-state index in [4.69, 9.17) is 23.2 Å². The third-order valence-electron chi connectivity index (χ3n) is 4.47. The molecule has 1 aliphatic rings. The van der Waals surface area contributed by atoms with E-state index in [2.05, 4.69) is 15.3 Å². The number of nitrogens with one attached hydrogen (secondary N) is 1.